The summed E-state index contributed by atoms with van der Waals surface area (Å²) in [5.74, 6) is 1.54. The van der Waals surface area contributed by atoms with Crippen LogP contribution in [0.15, 0.2) is 30.3 Å². The Balaban J connectivity index is 2.30. The molecule has 2 N–H and O–H groups in total. The zero-order valence-corrected chi connectivity index (χ0v) is 15.5. The van der Waals surface area contributed by atoms with E-state index in [4.69, 9.17) is 9.47 Å². The maximum atomic E-state index is 11.7. The topological polar surface area (TPSA) is 59.6 Å². The third-order valence-electron chi connectivity index (χ3n) is 4.07. The minimum Gasteiger partial charge on any atom is -0.493 e. The molecule has 0 heterocycles. The van der Waals surface area contributed by atoms with Gasteiger partial charge in [0.05, 0.1) is 17.9 Å². The molecule has 0 spiro atoms. The summed E-state index contributed by atoms with van der Waals surface area (Å²) in [6.07, 6.45) is 0. The van der Waals surface area contributed by atoms with Crippen LogP contribution in [0.4, 0.5) is 10.5 Å². The second kappa shape index (κ2) is 8.42. The summed E-state index contributed by atoms with van der Waals surface area (Å²) < 4.78 is 11.8. The van der Waals surface area contributed by atoms with Crippen LogP contribution in [-0.4, -0.2) is 19.7 Å². The van der Waals surface area contributed by atoms with Gasteiger partial charge in [-0.1, -0.05) is 12.1 Å². The molecule has 25 heavy (non-hydrogen) atoms. The van der Waals surface area contributed by atoms with Crippen LogP contribution in [0.5, 0.6) is 11.5 Å². The van der Waals surface area contributed by atoms with Crippen LogP contribution in [-0.2, 0) is 6.61 Å². The fraction of sp³-hybridized carbons (Fsp3) is 0.350. The van der Waals surface area contributed by atoms with E-state index in [-0.39, 0.29) is 6.03 Å². The fourth-order valence-corrected chi connectivity index (χ4v) is 2.55. The first kappa shape index (κ1) is 18.6. The van der Waals surface area contributed by atoms with Gasteiger partial charge < -0.3 is 20.1 Å². The van der Waals surface area contributed by atoms with Crippen LogP contribution in [0.3, 0.4) is 0 Å². The summed E-state index contributed by atoms with van der Waals surface area (Å²) in [5.41, 5.74) is 4.99. The standard InChI is InChI=1S/C20H26N2O3/c1-6-24-18-9-7-8-17(22-20(23)21-5)16(18)12-25-19-11-14(3)13(2)10-15(19)4/h7-11H,6,12H2,1-5H3,(H2,21,22,23). The van der Waals surface area contributed by atoms with E-state index in [1.54, 1.807) is 7.05 Å². The molecule has 0 atom stereocenters. The van der Waals surface area contributed by atoms with E-state index in [1.807, 2.05) is 38.1 Å². The van der Waals surface area contributed by atoms with Crippen LogP contribution in [0.25, 0.3) is 0 Å². The molecule has 0 fully saturated rings. The SMILES string of the molecule is CCOc1cccc(NC(=O)NC)c1COc1cc(C)c(C)cc1C. The van der Waals surface area contributed by atoms with Gasteiger partial charge in [-0.3, -0.25) is 0 Å². The molecule has 0 bridgehead atoms. The van der Waals surface area contributed by atoms with Gasteiger partial charge in [-0.25, -0.2) is 4.79 Å². The highest BCUT2D eigenvalue weighted by atomic mass is 16.5. The molecule has 5 nitrogen and oxygen atoms in total. The van der Waals surface area contributed by atoms with Gasteiger partial charge in [0.1, 0.15) is 18.1 Å². The van der Waals surface area contributed by atoms with Crippen LogP contribution in [0.1, 0.15) is 29.2 Å². The Bertz CT molecular complexity index is 757. The monoisotopic (exact) mass is 342 g/mol. The van der Waals surface area contributed by atoms with Crippen molar-refractivity contribution in [1.82, 2.24) is 5.32 Å². The highest BCUT2D eigenvalue weighted by Gasteiger charge is 2.13. The molecule has 2 rings (SSSR count). The van der Waals surface area contributed by atoms with Crippen molar-refractivity contribution in [2.24, 2.45) is 0 Å². The van der Waals surface area contributed by atoms with Crippen molar-refractivity contribution in [3.05, 3.63) is 52.6 Å². The summed E-state index contributed by atoms with van der Waals surface area (Å²) in [5, 5.41) is 5.38. The zero-order valence-electron chi connectivity index (χ0n) is 15.5. The minimum atomic E-state index is -0.280. The van der Waals surface area contributed by atoms with Crippen molar-refractivity contribution in [3.63, 3.8) is 0 Å². The molecule has 0 aliphatic heterocycles. The molecule has 0 unspecified atom stereocenters. The summed E-state index contributed by atoms with van der Waals surface area (Å²) in [6.45, 7) is 8.95. The second-order valence-electron chi connectivity index (χ2n) is 5.91. The molecule has 0 aliphatic rings. The Kier molecular flexibility index (Phi) is 6.28. The van der Waals surface area contributed by atoms with Gasteiger partial charge in [-0.2, -0.15) is 0 Å². The predicted octanol–water partition coefficient (Wildman–Crippen LogP) is 4.34. The highest BCUT2D eigenvalue weighted by Crippen LogP contribution is 2.30. The minimum absolute atomic E-state index is 0.280. The number of rotatable bonds is 6. The van der Waals surface area contributed by atoms with Gasteiger partial charge in [0.15, 0.2) is 0 Å². The van der Waals surface area contributed by atoms with E-state index in [0.29, 0.717) is 24.7 Å². The van der Waals surface area contributed by atoms with Crippen molar-refractivity contribution in [1.29, 1.82) is 0 Å². The molecule has 2 aromatic rings. The van der Waals surface area contributed by atoms with Crippen molar-refractivity contribution in [2.75, 3.05) is 19.0 Å². The van der Waals surface area contributed by atoms with Crippen molar-refractivity contribution < 1.29 is 14.3 Å². The third kappa shape index (κ3) is 4.66. The number of hydrogen-bond acceptors (Lipinski definition) is 3. The van der Waals surface area contributed by atoms with E-state index in [1.165, 1.54) is 11.1 Å². The van der Waals surface area contributed by atoms with Gasteiger partial charge in [-0.15, -0.1) is 0 Å². The van der Waals surface area contributed by atoms with Gasteiger partial charge in [-0.05, 0) is 62.6 Å². The second-order valence-corrected chi connectivity index (χ2v) is 5.91. The maximum Gasteiger partial charge on any atom is 0.318 e. The first-order valence-corrected chi connectivity index (χ1v) is 8.40. The Morgan fingerprint density at radius 2 is 1.72 bits per heavy atom. The van der Waals surface area contributed by atoms with Crippen molar-refractivity contribution >= 4 is 11.7 Å². The largest absolute Gasteiger partial charge is 0.493 e. The first-order valence-electron chi connectivity index (χ1n) is 8.40. The van der Waals surface area contributed by atoms with E-state index in [2.05, 4.69) is 30.5 Å². The summed E-state index contributed by atoms with van der Waals surface area (Å²) in [7, 11) is 1.58. The number of ether oxygens (including phenoxy) is 2. The average Bonchev–Trinajstić information content (AvgIpc) is 2.58. The van der Waals surface area contributed by atoms with E-state index < -0.39 is 0 Å². The van der Waals surface area contributed by atoms with Gasteiger partial charge in [0, 0.05) is 7.05 Å². The Labute approximate surface area is 149 Å². The predicted molar refractivity (Wildman–Crippen MR) is 101 cm³/mol. The number of nitrogens with one attached hydrogen (secondary N) is 2. The van der Waals surface area contributed by atoms with E-state index in [9.17, 15) is 4.79 Å². The van der Waals surface area contributed by atoms with Crippen LogP contribution >= 0.6 is 0 Å². The van der Waals surface area contributed by atoms with E-state index in [0.717, 1.165) is 16.9 Å². The number of carbonyl (C=O) groups excluding carboxylic acids is 1. The molecule has 0 radical (unpaired) electrons. The molecule has 5 heteroatoms. The average molecular weight is 342 g/mol. The molecule has 0 aromatic heterocycles. The van der Waals surface area contributed by atoms with Crippen LogP contribution < -0.4 is 20.1 Å². The van der Waals surface area contributed by atoms with E-state index >= 15 is 0 Å². The number of hydrogen-bond donors (Lipinski definition) is 2. The zero-order chi connectivity index (χ0) is 18.4. The number of aryl methyl sites for hydroxylation is 3. The Morgan fingerprint density at radius 3 is 2.40 bits per heavy atom. The number of amides is 2. The fourth-order valence-electron chi connectivity index (χ4n) is 2.55. The molecule has 2 amide bonds. The van der Waals surface area contributed by atoms with Gasteiger partial charge >= 0.3 is 6.03 Å². The Hall–Kier alpha value is -2.69. The lowest BCUT2D eigenvalue weighted by Gasteiger charge is -2.17. The molecule has 2 aromatic carbocycles. The first-order chi connectivity index (χ1) is 12.0. The quantitative estimate of drug-likeness (QED) is 0.821. The molecule has 0 aliphatic carbocycles. The molecule has 0 saturated heterocycles. The summed E-state index contributed by atoms with van der Waals surface area (Å²) in [4.78, 5) is 11.7. The maximum absolute atomic E-state index is 11.7. The summed E-state index contributed by atoms with van der Waals surface area (Å²) >= 11 is 0. The third-order valence-corrected chi connectivity index (χ3v) is 4.07. The number of carbonyl (C=O) groups is 1. The van der Waals surface area contributed by atoms with Gasteiger partial charge in [0.2, 0.25) is 0 Å². The molecular formula is C20H26N2O3. The highest BCUT2D eigenvalue weighted by molar-refractivity contribution is 5.90. The smallest absolute Gasteiger partial charge is 0.318 e. The number of urea groups is 1. The van der Waals surface area contributed by atoms with Crippen LogP contribution in [0, 0.1) is 20.8 Å². The number of benzene rings is 2. The Morgan fingerprint density at radius 1 is 1.00 bits per heavy atom. The molecule has 134 valence electrons. The number of anilines is 1. The summed E-state index contributed by atoms with van der Waals surface area (Å²) in [6, 6.07) is 9.44. The van der Waals surface area contributed by atoms with Crippen molar-refractivity contribution in [3.8, 4) is 11.5 Å². The van der Waals surface area contributed by atoms with Crippen LogP contribution in [0.2, 0.25) is 0 Å². The lowest BCUT2D eigenvalue weighted by Crippen LogP contribution is -2.25. The lowest BCUT2D eigenvalue weighted by molar-refractivity contribution is 0.253. The molecular weight excluding hydrogens is 316 g/mol. The van der Waals surface area contributed by atoms with Gasteiger partial charge in [0.25, 0.3) is 0 Å². The normalized spacial score (nSPS) is 10.3. The van der Waals surface area contributed by atoms with Crippen molar-refractivity contribution in [2.45, 2.75) is 34.3 Å². The molecule has 0 saturated carbocycles. The lowest BCUT2D eigenvalue weighted by atomic mass is 10.1.